The van der Waals surface area contributed by atoms with Gasteiger partial charge in [-0.1, -0.05) is 30.3 Å². The Morgan fingerprint density at radius 2 is 2.00 bits per heavy atom. The average Bonchev–Trinajstić information content (AvgIpc) is 2.54. The third kappa shape index (κ3) is 2.23. The molecule has 70 valence electrons. The number of hydrogen-bond donors (Lipinski definition) is 0. The van der Waals surface area contributed by atoms with Crippen LogP contribution in [0.3, 0.4) is 0 Å². The highest BCUT2D eigenvalue weighted by molar-refractivity contribution is 6.21. The highest BCUT2D eigenvalue weighted by atomic mass is 35.5. The van der Waals surface area contributed by atoms with Crippen molar-refractivity contribution in [2.45, 2.75) is 11.8 Å². The van der Waals surface area contributed by atoms with Crippen LogP contribution in [0.1, 0.15) is 5.56 Å². The third-order valence-electron chi connectivity index (χ3n) is 2.46. The Balaban J connectivity index is 1.98. The molecule has 13 heavy (non-hydrogen) atoms. The van der Waals surface area contributed by atoms with Crippen molar-refractivity contribution in [2.75, 3.05) is 13.2 Å². The van der Waals surface area contributed by atoms with E-state index in [-0.39, 0.29) is 5.38 Å². The highest BCUT2D eigenvalue weighted by Gasteiger charge is 2.25. The number of benzene rings is 1. The average molecular weight is 197 g/mol. The van der Waals surface area contributed by atoms with Crippen molar-refractivity contribution < 1.29 is 4.74 Å². The van der Waals surface area contributed by atoms with Crippen LogP contribution in [0.25, 0.3) is 0 Å². The molecule has 0 N–H and O–H groups in total. The van der Waals surface area contributed by atoms with Crippen molar-refractivity contribution in [3.05, 3.63) is 35.9 Å². The molecule has 2 heteroatoms. The smallest absolute Gasteiger partial charge is 0.0633 e. The zero-order valence-electron chi connectivity index (χ0n) is 7.45. The van der Waals surface area contributed by atoms with Crippen LogP contribution >= 0.6 is 11.6 Å². The van der Waals surface area contributed by atoms with Gasteiger partial charge in [0.15, 0.2) is 0 Å². The van der Waals surface area contributed by atoms with Gasteiger partial charge in [-0.2, -0.15) is 0 Å². The molecule has 0 bridgehead atoms. The van der Waals surface area contributed by atoms with E-state index in [4.69, 9.17) is 16.3 Å². The summed E-state index contributed by atoms with van der Waals surface area (Å²) in [7, 11) is 0. The summed E-state index contributed by atoms with van der Waals surface area (Å²) in [5, 5.41) is 0.195. The van der Waals surface area contributed by atoms with Gasteiger partial charge >= 0.3 is 0 Å². The molecule has 1 aromatic carbocycles. The van der Waals surface area contributed by atoms with Gasteiger partial charge < -0.3 is 4.74 Å². The molecule has 1 saturated heterocycles. The van der Waals surface area contributed by atoms with Crippen molar-refractivity contribution >= 4 is 11.6 Å². The minimum absolute atomic E-state index is 0.195. The van der Waals surface area contributed by atoms with Gasteiger partial charge in [-0.15, -0.1) is 11.6 Å². The molecule has 1 aromatic rings. The number of halogens is 1. The van der Waals surface area contributed by atoms with Gasteiger partial charge in [-0.3, -0.25) is 0 Å². The molecule has 1 nitrogen and oxygen atoms in total. The maximum atomic E-state index is 6.10. The fraction of sp³-hybridized carbons (Fsp3) is 0.455. The Kier molecular flexibility index (Phi) is 2.87. The van der Waals surface area contributed by atoms with Crippen LogP contribution in [-0.2, 0) is 11.2 Å². The highest BCUT2D eigenvalue weighted by Crippen LogP contribution is 2.23. The molecule has 0 radical (unpaired) electrons. The van der Waals surface area contributed by atoms with E-state index in [1.165, 1.54) is 5.56 Å². The van der Waals surface area contributed by atoms with Crippen LogP contribution in [0.5, 0.6) is 0 Å². The normalized spacial score (nSPS) is 27.8. The Labute approximate surface area is 83.7 Å². The molecule has 1 aliphatic rings. The molecule has 2 rings (SSSR count). The van der Waals surface area contributed by atoms with E-state index in [9.17, 15) is 0 Å². The first-order valence-electron chi connectivity index (χ1n) is 4.62. The number of ether oxygens (including phenoxy) is 1. The van der Waals surface area contributed by atoms with Gasteiger partial charge in [0, 0.05) is 5.92 Å². The maximum Gasteiger partial charge on any atom is 0.0633 e. The molecule has 1 aliphatic heterocycles. The molecule has 0 aliphatic carbocycles. The Morgan fingerprint density at radius 3 is 2.62 bits per heavy atom. The third-order valence-corrected chi connectivity index (χ3v) is 2.94. The van der Waals surface area contributed by atoms with E-state index in [1.54, 1.807) is 0 Å². The molecule has 0 aromatic heterocycles. The van der Waals surface area contributed by atoms with Gasteiger partial charge in [0.1, 0.15) is 0 Å². The molecular weight excluding hydrogens is 184 g/mol. The fourth-order valence-electron chi connectivity index (χ4n) is 1.68. The predicted octanol–water partition coefficient (Wildman–Crippen LogP) is 2.48. The van der Waals surface area contributed by atoms with E-state index in [0.29, 0.717) is 12.5 Å². The van der Waals surface area contributed by atoms with Crippen molar-refractivity contribution in [1.29, 1.82) is 0 Å². The molecule has 0 amide bonds. The van der Waals surface area contributed by atoms with Gasteiger partial charge in [-0.25, -0.2) is 0 Å². The number of alkyl halides is 1. The molecule has 0 spiro atoms. The van der Waals surface area contributed by atoms with E-state index in [1.807, 2.05) is 6.07 Å². The summed E-state index contributed by atoms with van der Waals surface area (Å²) in [6, 6.07) is 10.4. The van der Waals surface area contributed by atoms with Crippen LogP contribution in [0.15, 0.2) is 30.3 Å². The summed E-state index contributed by atoms with van der Waals surface area (Å²) in [5.41, 5.74) is 1.35. The zero-order chi connectivity index (χ0) is 9.10. The maximum absolute atomic E-state index is 6.10. The molecule has 1 fully saturated rings. The minimum Gasteiger partial charge on any atom is -0.380 e. The SMILES string of the molecule is ClC1COCC1Cc1ccccc1. The van der Waals surface area contributed by atoms with Crippen LogP contribution in [0.2, 0.25) is 0 Å². The summed E-state index contributed by atoms with van der Waals surface area (Å²) < 4.78 is 5.31. The van der Waals surface area contributed by atoms with E-state index in [0.717, 1.165) is 13.0 Å². The molecule has 2 atom stereocenters. The van der Waals surface area contributed by atoms with E-state index >= 15 is 0 Å². The molecule has 1 heterocycles. The predicted molar refractivity (Wildman–Crippen MR) is 54.1 cm³/mol. The Morgan fingerprint density at radius 1 is 1.23 bits per heavy atom. The quantitative estimate of drug-likeness (QED) is 0.661. The van der Waals surface area contributed by atoms with Gasteiger partial charge in [0.05, 0.1) is 18.6 Å². The zero-order valence-corrected chi connectivity index (χ0v) is 8.20. The summed E-state index contributed by atoms with van der Waals surface area (Å²) >= 11 is 6.10. The van der Waals surface area contributed by atoms with Crippen LogP contribution in [0.4, 0.5) is 0 Å². The van der Waals surface area contributed by atoms with E-state index in [2.05, 4.69) is 24.3 Å². The lowest BCUT2D eigenvalue weighted by Gasteiger charge is -2.10. The van der Waals surface area contributed by atoms with Gasteiger partial charge in [0.2, 0.25) is 0 Å². The van der Waals surface area contributed by atoms with Crippen molar-refractivity contribution in [3.8, 4) is 0 Å². The number of hydrogen-bond acceptors (Lipinski definition) is 1. The summed E-state index contributed by atoms with van der Waals surface area (Å²) in [6.07, 6.45) is 1.04. The fourth-order valence-corrected chi connectivity index (χ4v) is 1.93. The van der Waals surface area contributed by atoms with Gasteiger partial charge in [0.25, 0.3) is 0 Å². The Bertz CT molecular complexity index is 260. The second-order valence-electron chi connectivity index (χ2n) is 3.50. The standard InChI is InChI=1S/C11H13ClO/c12-11-8-13-7-10(11)6-9-4-2-1-3-5-9/h1-5,10-11H,6-8H2. The van der Waals surface area contributed by atoms with Crippen molar-refractivity contribution in [2.24, 2.45) is 5.92 Å². The first-order valence-corrected chi connectivity index (χ1v) is 5.05. The second kappa shape index (κ2) is 4.12. The monoisotopic (exact) mass is 196 g/mol. The lowest BCUT2D eigenvalue weighted by Crippen LogP contribution is -2.14. The Hall–Kier alpha value is -0.530. The molecular formula is C11H13ClO. The summed E-state index contributed by atoms with van der Waals surface area (Å²) in [6.45, 7) is 1.52. The first-order chi connectivity index (χ1) is 6.36. The van der Waals surface area contributed by atoms with Crippen LogP contribution in [0, 0.1) is 5.92 Å². The van der Waals surface area contributed by atoms with E-state index < -0.39 is 0 Å². The van der Waals surface area contributed by atoms with Crippen molar-refractivity contribution in [1.82, 2.24) is 0 Å². The number of rotatable bonds is 2. The summed E-state index contributed by atoms with van der Waals surface area (Å²) in [5.74, 6) is 0.490. The molecule has 0 saturated carbocycles. The topological polar surface area (TPSA) is 9.23 Å². The lowest BCUT2D eigenvalue weighted by molar-refractivity contribution is 0.186. The largest absolute Gasteiger partial charge is 0.380 e. The summed E-state index contributed by atoms with van der Waals surface area (Å²) in [4.78, 5) is 0. The minimum atomic E-state index is 0.195. The second-order valence-corrected chi connectivity index (χ2v) is 4.06. The first kappa shape index (κ1) is 9.04. The van der Waals surface area contributed by atoms with Crippen LogP contribution < -0.4 is 0 Å². The lowest BCUT2D eigenvalue weighted by atomic mass is 9.99. The van der Waals surface area contributed by atoms with Crippen molar-refractivity contribution in [3.63, 3.8) is 0 Å². The van der Waals surface area contributed by atoms with Crippen LogP contribution in [-0.4, -0.2) is 18.6 Å². The molecule has 2 unspecified atom stereocenters. The van der Waals surface area contributed by atoms with Gasteiger partial charge in [-0.05, 0) is 12.0 Å².